The average Bonchev–Trinajstić information content (AvgIpc) is 3.01. The Morgan fingerprint density at radius 1 is 0.773 bits per heavy atom. The van der Waals surface area contributed by atoms with Crippen molar-refractivity contribution in [3.8, 4) is 11.5 Å². The molecule has 114 valence electrons. The van der Waals surface area contributed by atoms with E-state index in [1.165, 1.54) is 44.2 Å². The van der Waals surface area contributed by atoms with Gasteiger partial charge in [0, 0.05) is 12.1 Å². The number of hydrogen-bond donors (Lipinski definition) is 0. The lowest BCUT2D eigenvalue weighted by Crippen LogP contribution is -2.35. The topological polar surface area (TPSA) is 12.5 Å². The van der Waals surface area contributed by atoms with Crippen LogP contribution in [0.3, 0.4) is 0 Å². The van der Waals surface area contributed by atoms with E-state index >= 15 is 0 Å². The van der Waals surface area contributed by atoms with E-state index in [0.717, 1.165) is 17.5 Å². The molecule has 2 aliphatic rings. The highest BCUT2D eigenvalue weighted by atomic mass is 16.5. The predicted octanol–water partition coefficient (Wildman–Crippen LogP) is 5.17. The van der Waals surface area contributed by atoms with Crippen LogP contribution in [-0.4, -0.2) is 17.5 Å². The minimum Gasteiger partial charge on any atom is -0.457 e. The second kappa shape index (κ2) is 6.13. The standard InChI is InChI=1S/C20H23NO/c1-2-7-18(8-3-1)22-19-12-9-16(10-13-19)20-14-11-17-6-4-5-15-21(17)20/h1-3,7-10,12-13,17,20H,4-6,11,14-15H2/t17-,20+/m1/s1. The summed E-state index contributed by atoms with van der Waals surface area (Å²) in [7, 11) is 0. The number of rotatable bonds is 3. The molecule has 0 aliphatic carbocycles. The van der Waals surface area contributed by atoms with Gasteiger partial charge in [-0.15, -0.1) is 0 Å². The van der Waals surface area contributed by atoms with E-state index in [9.17, 15) is 0 Å². The van der Waals surface area contributed by atoms with E-state index in [0.29, 0.717) is 6.04 Å². The first-order valence-electron chi connectivity index (χ1n) is 8.49. The lowest BCUT2D eigenvalue weighted by Gasteiger charge is -2.34. The summed E-state index contributed by atoms with van der Waals surface area (Å²) in [5, 5.41) is 0. The highest BCUT2D eigenvalue weighted by molar-refractivity contribution is 5.34. The first-order valence-corrected chi connectivity index (χ1v) is 8.49. The van der Waals surface area contributed by atoms with Crippen molar-refractivity contribution in [2.24, 2.45) is 0 Å². The summed E-state index contributed by atoms with van der Waals surface area (Å²) in [6.45, 7) is 1.28. The van der Waals surface area contributed by atoms with Crippen molar-refractivity contribution in [1.29, 1.82) is 0 Å². The second-order valence-corrected chi connectivity index (χ2v) is 6.46. The van der Waals surface area contributed by atoms with Gasteiger partial charge in [-0.1, -0.05) is 36.8 Å². The molecule has 0 aromatic heterocycles. The molecule has 2 fully saturated rings. The third-order valence-electron chi connectivity index (χ3n) is 5.09. The van der Waals surface area contributed by atoms with Crippen LogP contribution >= 0.6 is 0 Å². The fourth-order valence-electron chi connectivity index (χ4n) is 4.00. The van der Waals surface area contributed by atoms with E-state index in [2.05, 4.69) is 29.2 Å². The van der Waals surface area contributed by atoms with Crippen LogP contribution < -0.4 is 4.74 Å². The summed E-state index contributed by atoms with van der Waals surface area (Å²) in [4.78, 5) is 2.73. The minimum atomic E-state index is 0.621. The Balaban J connectivity index is 1.48. The lowest BCUT2D eigenvalue weighted by molar-refractivity contribution is 0.150. The molecule has 2 aromatic rings. The van der Waals surface area contributed by atoms with E-state index in [-0.39, 0.29) is 0 Å². The van der Waals surface area contributed by atoms with Gasteiger partial charge in [0.05, 0.1) is 0 Å². The first kappa shape index (κ1) is 13.8. The maximum absolute atomic E-state index is 5.89. The van der Waals surface area contributed by atoms with Crippen LogP contribution in [0, 0.1) is 0 Å². The van der Waals surface area contributed by atoms with Gasteiger partial charge in [-0.25, -0.2) is 0 Å². The first-order chi connectivity index (χ1) is 10.9. The Labute approximate surface area is 132 Å². The zero-order valence-corrected chi connectivity index (χ0v) is 12.9. The Hall–Kier alpha value is -1.80. The zero-order chi connectivity index (χ0) is 14.8. The summed E-state index contributed by atoms with van der Waals surface area (Å²) in [6, 6.07) is 20.2. The van der Waals surface area contributed by atoms with Gasteiger partial charge in [-0.2, -0.15) is 0 Å². The van der Waals surface area contributed by atoms with Gasteiger partial charge >= 0.3 is 0 Å². The number of hydrogen-bond acceptors (Lipinski definition) is 2. The molecule has 0 bridgehead atoms. The Morgan fingerprint density at radius 2 is 1.55 bits per heavy atom. The molecule has 0 radical (unpaired) electrons. The molecular weight excluding hydrogens is 270 g/mol. The number of ether oxygens (including phenoxy) is 1. The molecule has 2 aromatic carbocycles. The highest BCUT2D eigenvalue weighted by Crippen LogP contribution is 2.40. The van der Waals surface area contributed by atoms with Gasteiger partial charge in [0.15, 0.2) is 0 Å². The van der Waals surface area contributed by atoms with Crippen molar-refractivity contribution in [3.63, 3.8) is 0 Å². The van der Waals surface area contributed by atoms with Crippen LogP contribution in [0.25, 0.3) is 0 Å². The molecule has 2 heteroatoms. The van der Waals surface area contributed by atoms with Crippen LogP contribution in [-0.2, 0) is 0 Å². The monoisotopic (exact) mass is 293 g/mol. The number of nitrogens with zero attached hydrogens (tertiary/aromatic N) is 1. The Kier molecular flexibility index (Phi) is 3.86. The molecule has 0 spiro atoms. The third-order valence-corrected chi connectivity index (χ3v) is 5.09. The highest BCUT2D eigenvalue weighted by Gasteiger charge is 2.35. The van der Waals surface area contributed by atoms with Crippen molar-refractivity contribution < 1.29 is 4.74 Å². The number of fused-ring (bicyclic) bond motifs is 1. The summed E-state index contributed by atoms with van der Waals surface area (Å²) in [5.74, 6) is 1.82. The van der Waals surface area contributed by atoms with E-state index in [4.69, 9.17) is 4.74 Å². The molecule has 2 nitrogen and oxygen atoms in total. The number of piperidine rings is 1. The number of benzene rings is 2. The lowest BCUT2D eigenvalue weighted by atomic mass is 10.0. The largest absolute Gasteiger partial charge is 0.457 e. The molecular formula is C20H23NO. The molecule has 2 heterocycles. The van der Waals surface area contributed by atoms with Gasteiger partial charge < -0.3 is 4.74 Å². The molecule has 0 amide bonds. The number of para-hydroxylation sites is 1. The summed E-state index contributed by atoms with van der Waals surface area (Å²) in [5.41, 5.74) is 1.45. The van der Waals surface area contributed by atoms with Crippen LogP contribution in [0.1, 0.15) is 43.7 Å². The van der Waals surface area contributed by atoms with Crippen molar-refractivity contribution in [3.05, 3.63) is 60.2 Å². The van der Waals surface area contributed by atoms with Crippen LogP contribution in [0.4, 0.5) is 0 Å². The van der Waals surface area contributed by atoms with Gasteiger partial charge in [0.1, 0.15) is 11.5 Å². The van der Waals surface area contributed by atoms with Crippen molar-refractivity contribution in [2.45, 2.75) is 44.2 Å². The average molecular weight is 293 g/mol. The molecule has 4 rings (SSSR count). The Morgan fingerprint density at radius 3 is 2.36 bits per heavy atom. The summed E-state index contributed by atoms with van der Waals surface area (Å²) >= 11 is 0. The van der Waals surface area contributed by atoms with Crippen molar-refractivity contribution >= 4 is 0 Å². The molecule has 0 saturated carbocycles. The van der Waals surface area contributed by atoms with E-state index in [1.54, 1.807) is 0 Å². The second-order valence-electron chi connectivity index (χ2n) is 6.46. The van der Waals surface area contributed by atoms with Gasteiger partial charge in [-0.05, 0) is 62.1 Å². The smallest absolute Gasteiger partial charge is 0.127 e. The zero-order valence-electron chi connectivity index (χ0n) is 12.9. The molecule has 2 aliphatic heterocycles. The van der Waals surface area contributed by atoms with Crippen LogP contribution in [0.15, 0.2) is 54.6 Å². The van der Waals surface area contributed by atoms with E-state index in [1.807, 2.05) is 30.3 Å². The summed E-state index contributed by atoms with van der Waals surface area (Å²) in [6.07, 6.45) is 6.85. The summed E-state index contributed by atoms with van der Waals surface area (Å²) < 4.78 is 5.89. The fraction of sp³-hybridized carbons (Fsp3) is 0.400. The predicted molar refractivity (Wildman–Crippen MR) is 89.3 cm³/mol. The maximum atomic E-state index is 5.89. The molecule has 2 atom stereocenters. The minimum absolute atomic E-state index is 0.621. The quantitative estimate of drug-likeness (QED) is 0.774. The van der Waals surface area contributed by atoms with Crippen molar-refractivity contribution in [1.82, 2.24) is 4.90 Å². The third kappa shape index (κ3) is 2.76. The van der Waals surface area contributed by atoms with Gasteiger partial charge in [-0.3, -0.25) is 4.90 Å². The normalized spacial score (nSPS) is 24.9. The fourth-order valence-corrected chi connectivity index (χ4v) is 4.00. The van der Waals surface area contributed by atoms with Gasteiger partial charge in [0.25, 0.3) is 0 Å². The van der Waals surface area contributed by atoms with E-state index < -0.39 is 0 Å². The SMILES string of the molecule is c1ccc(Oc2ccc([C@@H]3CC[C@H]4CCCCN43)cc2)cc1. The molecule has 0 unspecified atom stereocenters. The molecule has 2 saturated heterocycles. The molecule has 0 N–H and O–H groups in total. The van der Waals surface area contributed by atoms with Crippen molar-refractivity contribution in [2.75, 3.05) is 6.54 Å². The Bertz CT molecular complexity index is 607. The van der Waals surface area contributed by atoms with Crippen LogP contribution in [0.2, 0.25) is 0 Å². The van der Waals surface area contributed by atoms with Gasteiger partial charge in [0.2, 0.25) is 0 Å². The maximum Gasteiger partial charge on any atom is 0.127 e. The molecule has 22 heavy (non-hydrogen) atoms. The van der Waals surface area contributed by atoms with Crippen LogP contribution in [0.5, 0.6) is 11.5 Å².